The summed E-state index contributed by atoms with van der Waals surface area (Å²) < 4.78 is 0. The first-order valence-corrected chi connectivity index (χ1v) is 10.3. The summed E-state index contributed by atoms with van der Waals surface area (Å²) in [4.78, 5) is 0. The van der Waals surface area contributed by atoms with Crippen LogP contribution >= 0.6 is 0 Å². The first kappa shape index (κ1) is 23.0. The minimum absolute atomic E-state index is 0.568. The smallest absolute Gasteiger partial charge is 0.0800 e. The molecule has 0 aromatic rings. The van der Waals surface area contributed by atoms with Crippen LogP contribution in [0.1, 0.15) is 86.5 Å². The zero-order valence-corrected chi connectivity index (χ0v) is 18.2. The first-order chi connectivity index (χ1) is 12.0. The van der Waals surface area contributed by atoms with Gasteiger partial charge in [-0.2, -0.15) is 0 Å². The van der Waals surface area contributed by atoms with Gasteiger partial charge in [0, 0.05) is 0 Å². The van der Waals surface area contributed by atoms with Crippen molar-refractivity contribution in [1.29, 1.82) is 0 Å². The van der Waals surface area contributed by atoms with E-state index in [1.54, 1.807) is 18.6 Å². The molecule has 26 heavy (non-hydrogen) atoms. The average molecular weight is 359 g/mol. The standard InChI is InChI=1S/C15H24.C10H18O/c1-11-6-5-7-12(2)13-10-15(3,4)14(13)9-8-11;1-5-10(4,11)8-6-7-9(2)3/h6,13-14H,2,5,7-10H2,1,3-4H3;5,7,11H,1,6,8H2,2-4H3/b11-6+;/t13-,14-;/m1./s1. The average Bonchev–Trinajstić information content (AvgIpc) is 2.57. The zero-order valence-electron chi connectivity index (χ0n) is 18.2. The molecule has 1 unspecified atom stereocenters. The highest BCUT2D eigenvalue weighted by Crippen LogP contribution is 2.56. The molecule has 0 radical (unpaired) electrons. The van der Waals surface area contributed by atoms with E-state index in [0.717, 1.165) is 24.7 Å². The topological polar surface area (TPSA) is 20.2 Å². The van der Waals surface area contributed by atoms with Gasteiger partial charge in [0.2, 0.25) is 0 Å². The molecule has 148 valence electrons. The van der Waals surface area contributed by atoms with Crippen LogP contribution in [0, 0.1) is 17.3 Å². The van der Waals surface area contributed by atoms with Crippen LogP contribution in [0.4, 0.5) is 0 Å². The minimum Gasteiger partial charge on any atom is -0.386 e. The molecular formula is C25H42O. The summed E-state index contributed by atoms with van der Waals surface area (Å²) in [6.45, 7) is 20.9. The molecule has 2 rings (SSSR count). The molecule has 1 heteroatoms. The maximum Gasteiger partial charge on any atom is 0.0800 e. The number of aliphatic hydroxyl groups is 1. The third-order valence-electron chi connectivity index (χ3n) is 6.21. The molecule has 3 atom stereocenters. The van der Waals surface area contributed by atoms with Crippen LogP contribution in [-0.2, 0) is 0 Å². The molecule has 1 saturated carbocycles. The van der Waals surface area contributed by atoms with Crippen LogP contribution in [0.5, 0.6) is 0 Å². The van der Waals surface area contributed by atoms with Crippen molar-refractivity contribution < 1.29 is 5.11 Å². The number of hydrogen-bond acceptors (Lipinski definition) is 1. The van der Waals surface area contributed by atoms with Gasteiger partial charge in [-0.1, -0.05) is 55.4 Å². The molecule has 0 spiro atoms. The van der Waals surface area contributed by atoms with E-state index in [4.69, 9.17) is 0 Å². The Morgan fingerprint density at radius 1 is 1.35 bits per heavy atom. The molecule has 0 aromatic carbocycles. The van der Waals surface area contributed by atoms with E-state index in [1.165, 1.54) is 43.3 Å². The summed E-state index contributed by atoms with van der Waals surface area (Å²) in [6.07, 6.45) is 14.3. The minimum atomic E-state index is -0.702. The highest BCUT2D eigenvalue weighted by molar-refractivity contribution is 5.16. The van der Waals surface area contributed by atoms with Crippen LogP contribution < -0.4 is 0 Å². The summed E-state index contributed by atoms with van der Waals surface area (Å²) in [5.41, 5.74) is 4.27. The third kappa shape index (κ3) is 7.27. The molecule has 2 aliphatic rings. The van der Waals surface area contributed by atoms with E-state index in [2.05, 4.69) is 59.9 Å². The lowest BCUT2D eigenvalue weighted by molar-refractivity contribution is 0.00384. The summed E-state index contributed by atoms with van der Waals surface area (Å²) in [7, 11) is 0. The van der Waals surface area contributed by atoms with Crippen molar-refractivity contribution in [2.75, 3.05) is 0 Å². The van der Waals surface area contributed by atoms with E-state index in [9.17, 15) is 5.11 Å². The Bertz CT molecular complexity index is 541. The van der Waals surface area contributed by atoms with Crippen molar-refractivity contribution in [3.63, 3.8) is 0 Å². The van der Waals surface area contributed by atoms with E-state index >= 15 is 0 Å². The van der Waals surface area contributed by atoms with E-state index in [-0.39, 0.29) is 0 Å². The van der Waals surface area contributed by atoms with Crippen LogP contribution in [0.3, 0.4) is 0 Å². The monoisotopic (exact) mass is 358 g/mol. The zero-order chi connectivity index (χ0) is 20.0. The predicted molar refractivity (Wildman–Crippen MR) is 116 cm³/mol. The summed E-state index contributed by atoms with van der Waals surface area (Å²) in [6, 6.07) is 0. The van der Waals surface area contributed by atoms with Crippen LogP contribution in [-0.4, -0.2) is 10.7 Å². The molecule has 0 amide bonds. The largest absolute Gasteiger partial charge is 0.386 e. The molecular weight excluding hydrogens is 316 g/mol. The molecule has 0 aromatic heterocycles. The maximum atomic E-state index is 9.49. The lowest BCUT2D eigenvalue weighted by Gasteiger charge is -2.53. The van der Waals surface area contributed by atoms with Crippen LogP contribution in [0.15, 0.2) is 48.1 Å². The van der Waals surface area contributed by atoms with Gasteiger partial charge in [-0.15, -0.1) is 6.58 Å². The van der Waals surface area contributed by atoms with Crippen molar-refractivity contribution in [2.45, 2.75) is 92.1 Å². The highest BCUT2D eigenvalue weighted by Gasteiger charge is 2.47. The van der Waals surface area contributed by atoms with Gasteiger partial charge in [-0.25, -0.2) is 0 Å². The third-order valence-corrected chi connectivity index (χ3v) is 6.21. The Morgan fingerprint density at radius 2 is 2.00 bits per heavy atom. The van der Waals surface area contributed by atoms with E-state index < -0.39 is 5.60 Å². The van der Waals surface area contributed by atoms with Gasteiger partial charge in [0.05, 0.1) is 5.60 Å². The fourth-order valence-corrected chi connectivity index (χ4v) is 4.20. The molecule has 0 heterocycles. The number of hydrogen-bond donors (Lipinski definition) is 1. The van der Waals surface area contributed by atoms with Crippen molar-refractivity contribution in [2.24, 2.45) is 17.3 Å². The van der Waals surface area contributed by atoms with Gasteiger partial charge < -0.3 is 5.11 Å². The number of fused-ring (bicyclic) bond motifs is 1. The van der Waals surface area contributed by atoms with Crippen molar-refractivity contribution in [1.82, 2.24) is 0 Å². The molecule has 1 N–H and O–H groups in total. The molecule has 0 aliphatic heterocycles. The second-order valence-electron chi connectivity index (χ2n) is 9.57. The Balaban J connectivity index is 0.000000276. The maximum absolute atomic E-state index is 9.49. The Morgan fingerprint density at radius 3 is 2.54 bits per heavy atom. The SMILES string of the molecule is C=C1CC/C=C(\C)CC[C@@H]2[C@@H]1CC2(C)C.C=CC(C)(O)CCC=C(C)C. The van der Waals surface area contributed by atoms with Gasteiger partial charge in [0.1, 0.15) is 0 Å². The number of rotatable bonds is 4. The van der Waals surface area contributed by atoms with E-state index in [1.807, 2.05) is 0 Å². The Kier molecular flexibility index (Phi) is 8.60. The second-order valence-corrected chi connectivity index (χ2v) is 9.57. The summed E-state index contributed by atoms with van der Waals surface area (Å²) in [5.74, 6) is 1.73. The van der Waals surface area contributed by atoms with Gasteiger partial charge in [-0.3, -0.25) is 0 Å². The highest BCUT2D eigenvalue weighted by atomic mass is 16.3. The fraction of sp³-hybridized carbons (Fsp3) is 0.680. The summed E-state index contributed by atoms with van der Waals surface area (Å²) >= 11 is 0. The second kappa shape index (κ2) is 9.74. The van der Waals surface area contributed by atoms with Gasteiger partial charge >= 0.3 is 0 Å². The predicted octanol–water partition coefficient (Wildman–Crippen LogP) is 7.40. The number of allylic oxidation sites excluding steroid dienone is 5. The molecule has 0 saturated heterocycles. The van der Waals surface area contributed by atoms with Gasteiger partial charge in [-0.05, 0) is 89.9 Å². The lowest BCUT2D eigenvalue weighted by Crippen LogP contribution is -2.44. The van der Waals surface area contributed by atoms with Gasteiger partial charge in [0.25, 0.3) is 0 Å². The van der Waals surface area contributed by atoms with Crippen molar-refractivity contribution in [3.05, 3.63) is 48.1 Å². The Hall–Kier alpha value is -1.08. The quantitative estimate of drug-likeness (QED) is 0.519. The first-order valence-electron chi connectivity index (χ1n) is 10.3. The lowest BCUT2D eigenvalue weighted by atomic mass is 9.52. The summed E-state index contributed by atoms with van der Waals surface area (Å²) in [5, 5.41) is 9.49. The normalized spacial score (nSPS) is 28.9. The molecule has 0 bridgehead atoms. The molecule has 1 fully saturated rings. The fourth-order valence-electron chi connectivity index (χ4n) is 4.20. The van der Waals surface area contributed by atoms with Crippen molar-refractivity contribution >= 4 is 0 Å². The molecule has 2 aliphatic carbocycles. The van der Waals surface area contributed by atoms with Gasteiger partial charge in [0.15, 0.2) is 0 Å². The van der Waals surface area contributed by atoms with Crippen molar-refractivity contribution in [3.8, 4) is 0 Å². The molecule has 1 nitrogen and oxygen atoms in total. The Labute approximate surface area is 163 Å². The van der Waals surface area contributed by atoms with Crippen LogP contribution in [0.2, 0.25) is 0 Å². The van der Waals surface area contributed by atoms with Crippen LogP contribution in [0.25, 0.3) is 0 Å². The van der Waals surface area contributed by atoms with E-state index in [0.29, 0.717) is 5.41 Å².